The maximum atomic E-state index is 4.59. The first-order valence-corrected chi connectivity index (χ1v) is 7.95. The SMILES string of the molecule is CSc1ccc(-c2cnc3c4ccccc4nn3c2)cc1. The molecule has 2 aromatic carbocycles. The van der Waals surface area contributed by atoms with Crippen molar-refractivity contribution >= 4 is 28.3 Å². The van der Waals surface area contributed by atoms with E-state index in [2.05, 4.69) is 46.7 Å². The quantitative estimate of drug-likeness (QED) is 0.517. The van der Waals surface area contributed by atoms with Crippen LogP contribution in [-0.4, -0.2) is 20.9 Å². The van der Waals surface area contributed by atoms with Gasteiger partial charge in [-0.05, 0) is 36.1 Å². The maximum absolute atomic E-state index is 4.59. The van der Waals surface area contributed by atoms with E-state index in [1.807, 2.05) is 35.1 Å². The molecule has 0 fully saturated rings. The van der Waals surface area contributed by atoms with Gasteiger partial charge in [0, 0.05) is 28.2 Å². The van der Waals surface area contributed by atoms with Crippen molar-refractivity contribution in [2.75, 3.05) is 6.26 Å². The van der Waals surface area contributed by atoms with Crippen LogP contribution < -0.4 is 0 Å². The molecule has 21 heavy (non-hydrogen) atoms. The van der Waals surface area contributed by atoms with Crippen molar-refractivity contribution in [3.05, 3.63) is 60.9 Å². The zero-order chi connectivity index (χ0) is 14.2. The summed E-state index contributed by atoms with van der Waals surface area (Å²) in [4.78, 5) is 5.85. The minimum atomic E-state index is 0.898. The number of benzene rings is 2. The van der Waals surface area contributed by atoms with Gasteiger partial charge in [0.25, 0.3) is 0 Å². The zero-order valence-corrected chi connectivity index (χ0v) is 12.3. The Kier molecular flexibility index (Phi) is 2.89. The third-order valence-corrected chi connectivity index (χ3v) is 4.33. The van der Waals surface area contributed by atoms with Crippen molar-refractivity contribution in [2.45, 2.75) is 4.90 Å². The van der Waals surface area contributed by atoms with Crippen LogP contribution in [0.25, 0.3) is 27.7 Å². The molecule has 2 aromatic heterocycles. The molecule has 0 N–H and O–H groups in total. The van der Waals surface area contributed by atoms with E-state index in [9.17, 15) is 0 Å². The summed E-state index contributed by atoms with van der Waals surface area (Å²) in [7, 11) is 0. The van der Waals surface area contributed by atoms with Crippen molar-refractivity contribution in [3.8, 4) is 11.1 Å². The monoisotopic (exact) mass is 291 g/mol. The van der Waals surface area contributed by atoms with Crippen molar-refractivity contribution in [2.24, 2.45) is 0 Å². The highest BCUT2D eigenvalue weighted by atomic mass is 32.2. The first-order valence-electron chi connectivity index (χ1n) is 6.73. The molecule has 0 aliphatic heterocycles. The van der Waals surface area contributed by atoms with Crippen molar-refractivity contribution < 1.29 is 0 Å². The smallest absolute Gasteiger partial charge is 0.162 e. The molecule has 3 nitrogen and oxygen atoms in total. The lowest BCUT2D eigenvalue weighted by molar-refractivity contribution is 0.959. The molecule has 0 amide bonds. The van der Waals surface area contributed by atoms with Crippen LogP contribution in [0.2, 0.25) is 0 Å². The lowest BCUT2D eigenvalue weighted by Gasteiger charge is -2.03. The minimum Gasteiger partial charge on any atom is -0.236 e. The number of hydrogen-bond acceptors (Lipinski definition) is 3. The highest BCUT2D eigenvalue weighted by Gasteiger charge is 2.07. The summed E-state index contributed by atoms with van der Waals surface area (Å²) < 4.78 is 1.86. The molecular weight excluding hydrogens is 278 g/mol. The van der Waals surface area contributed by atoms with Gasteiger partial charge < -0.3 is 0 Å². The Morgan fingerprint density at radius 3 is 2.57 bits per heavy atom. The van der Waals surface area contributed by atoms with Gasteiger partial charge in [-0.15, -0.1) is 11.8 Å². The highest BCUT2D eigenvalue weighted by molar-refractivity contribution is 7.98. The third kappa shape index (κ3) is 2.08. The van der Waals surface area contributed by atoms with Gasteiger partial charge in [-0.3, -0.25) is 0 Å². The van der Waals surface area contributed by atoms with Crippen LogP contribution in [-0.2, 0) is 0 Å². The Bertz CT molecular complexity index is 926. The van der Waals surface area contributed by atoms with Gasteiger partial charge in [0.05, 0.1) is 5.52 Å². The standard InChI is InChI=1S/C17H13N3S/c1-21-14-8-6-12(7-9-14)13-10-18-17-15-4-2-3-5-16(15)19-20(17)11-13/h2-11H,1H3. The predicted octanol–water partition coefficient (Wildman–Crippen LogP) is 4.27. The molecule has 4 heteroatoms. The van der Waals surface area contributed by atoms with E-state index in [1.54, 1.807) is 11.8 Å². The first kappa shape index (κ1) is 12.4. The average Bonchev–Trinajstić information content (AvgIpc) is 2.92. The lowest BCUT2D eigenvalue weighted by Crippen LogP contribution is -1.91. The van der Waals surface area contributed by atoms with Gasteiger partial charge in [0.2, 0.25) is 0 Å². The Labute approximate surface area is 126 Å². The van der Waals surface area contributed by atoms with Crippen molar-refractivity contribution in [3.63, 3.8) is 0 Å². The molecule has 0 aliphatic rings. The van der Waals surface area contributed by atoms with E-state index < -0.39 is 0 Å². The summed E-state index contributed by atoms with van der Waals surface area (Å²) in [6.07, 6.45) is 6.03. The fourth-order valence-electron chi connectivity index (χ4n) is 2.48. The van der Waals surface area contributed by atoms with Crippen LogP contribution in [0.4, 0.5) is 0 Å². The summed E-state index contributed by atoms with van der Waals surface area (Å²) in [6.45, 7) is 0. The Hall–Kier alpha value is -2.33. The van der Waals surface area contributed by atoms with Gasteiger partial charge in [0.1, 0.15) is 0 Å². The van der Waals surface area contributed by atoms with Crippen LogP contribution in [0.3, 0.4) is 0 Å². The molecule has 2 heterocycles. The molecule has 4 rings (SSSR count). The number of hydrogen-bond donors (Lipinski definition) is 0. The van der Waals surface area contributed by atoms with Gasteiger partial charge in [-0.2, -0.15) is 5.10 Å². The van der Waals surface area contributed by atoms with E-state index in [0.717, 1.165) is 27.7 Å². The molecule has 0 spiro atoms. The number of nitrogens with zero attached hydrogens (tertiary/aromatic N) is 3. The third-order valence-electron chi connectivity index (χ3n) is 3.59. The predicted molar refractivity (Wildman–Crippen MR) is 87.7 cm³/mol. The molecule has 0 bridgehead atoms. The Morgan fingerprint density at radius 1 is 0.952 bits per heavy atom. The van der Waals surface area contributed by atoms with Gasteiger partial charge >= 0.3 is 0 Å². The number of rotatable bonds is 2. The number of thioether (sulfide) groups is 1. The van der Waals surface area contributed by atoms with Crippen LogP contribution >= 0.6 is 11.8 Å². The molecule has 102 valence electrons. The molecule has 4 aromatic rings. The molecule has 0 saturated carbocycles. The fourth-order valence-corrected chi connectivity index (χ4v) is 2.89. The summed E-state index contributed by atoms with van der Waals surface area (Å²) in [5.41, 5.74) is 4.10. The normalized spacial score (nSPS) is 11.3. The van der Waals surface area contributed by atoms with E-state index in [0.29, 0.717) is 0 Å². The molecule has 0 aliphatic carbocycles. The second-order valence-corrected chi connectivity index (χ2v) is 5.74. The molecule has 0 saturated heterocycles. The van der Waals surface area contributed by atoms with Gasteiger partial charge in [-0.25, -0.2) is 9.50 Å². The average molecular weight is 291 g/mol. The largest absolute Gasteiger partial charge is 0.236 e. The van der Waals surface area contributed by atoms with Crippen molar-refractivity contribution in [1.29, 1.82) is 0 Å². The van der Waals surface area contributed by atoms with Gasteiger partial charge in [0.15, 0.2) is 5.65 Å². The lowest BCUT2D eigenvalue weighted by atomic mass is 10.1. The fraction of sp³-hybridized carbons (Fsp3) is 0.0588. The summed E-state index contributed by atoms with van der Waals surface area (Å²) in [5, 5.41) is 5.67. The van der Waals surface area contributed by atoms with Crippen LogP contribution in [0, 0.1) is 0 Å². The van der Waals surface area contributed by atoms with E-state index >= 15 is 0 Å². The molecule has 0 unspecified atom stereocenters. The maximum Gasteiger partial charge on any atom is 0.162 e. The van der Waals surface area contributed by atoms with Gasteiger partial charge in [-0.1, -0.05) is 24.3 Å². The minimum absolute atomic E-state index is 0.898. The molecule has 0 radical (unpaired) electrons. The topological polar surface area (TPSA) is 30.2 Å². The van der Waals surface area contributed by atoms with E-state index in [4.69, 9.17) is 0 Å². The van der Waals surface area contributed by atoms with Crippen LogP contribution in [0.5, 0.6) is 0 Å². The summed E-state index contributed by atoms with van der Waals surface area (Å²) >= 11 is 1.75. The van der Waals surface area contributed by atoms with E-state index in [-0.39, 0.29) is 0 Å². The first-order chi connectivity index (χ1) is 10.3. The second-order valence-electron chi connectivity index (χ2n) is 4.86. The summed E-state index contributed by atoms with van der Waals surface area (Å²) in [5.74, 6) is 0. The molecular formula is C17H13N3S. The van der Waals surface area contributed by atoms with E-state index in [1.165, 1.54) is 4.90 Å². The zero-order valence-electron chi connectivity index (χ0n) is 11.5. The van der Waals surface area contributed by atoms with Crippen molar-refractivity contribution in [1.82, 2.24) is 14.6 Å². The Balaban J connectivity index is 1.87. The van der Waals surface area contributed by atoms with Crippen LogP contribution in [0.1, 0.15) is 0 Å². The molecule has 0 atom stereocenters. The highest BCUT2D eigenvalue weighted by Crippen LogP contribution is 2.24. The number of aromatic nitrogens is 3. The summed E-state index contributed by atoms with van der Waals surface area (Å²) in [6, 6.07) is 16.6. The Morgan fingerprint density at radius 2 is 1.76 bits per heavy atom. The number of fused-ring (bicyclic) bond motifs is 3. The van der Waals surface area contributed by atoms with Crippen LogP contribution in [0.15, 0.2) is 65.8 Å². The second kappa shape index (κ2) is 4.90.